The van der Waals surface area contributed by atoms with Gasteiger partial charge in [-0.1, -0.05) is 67.2 Å². The minimum atomic E-state index is -0.332. The average molecular weight is 413 g/mol. The molecule has 1 aromatic heterocycles. The topological polar surface area (TPSA) is 38.9 Å². The van der Waals surface area contributed by atoms with E-state index >= 15 is 0 Å². The lowest BCUT2D eigenvalue weighted by atomic mass is 9.72. The first-order valence-corrected chi connectivity index (χ1v) is 10.8. The van der Waals surface area contributed by atoms with Crippen LogP contribution in [0.5, 0.6) is 0 Å². The van der Waals surface area contributed by atoms with Crippen LogP contribution in [0, 0.1) is 6.92 Å². The molecular formula is C24H26Cl2N2. The maximum atomic E-state index is 6.82. The van der Waals surface area contributed by atoms with Gasteiger partial charge >= 0.3 is 0 Å². The van der Waals surface area contributed by atoms with Gasteiger partial charge in [-0.2, -0.15) is 0 Å². The number of nitrogens with two attached hydrogens (primary N) is 1. The zero-order valence-electron chi connectivity index (χ0n) is 16.7. The van der Waals surface area contributed by atoms with Crippen LogP contribution in [0.2, 0.25) is 0 Å². The van der Waals surface area contributed by atoms with Crippen molar-refractivity contribution < 1.29 is 0 Å². The fraction of sp³-hybridized carbons (Fsp3) is 0.375. The Kier molecular flexibility index (Phi) is 5.05. The highest BCUT2D eigenvalue weighted by atomic mass is 35.5. The van der Waals surface area contributed by atoms with Crippen molar-refractivity contribution in [3.8, 4) is 11.3 Å². The van der Waals surface area contributed by atoms with Crippen molar-refractivity contribution in [1.82, 2.24) is 4.98 Å². The first-order valence-electron chi connectivity index (χ1n) is 10.00. The quantitative estimate of drug-likeness (QED) is 0.511. The molecule has 2 aromatic rings. The van der Waals surface area contributed by atoms with Gasteiger partial charge in [0, 0.05) is 27.5 Å². The summed E-state index contributed by atoms with van der Waals surface area (Å²) < 4.78 is 0. The Balaban J connectivity index is 1.98. The number of hydrogen-bond donors (Lipinski definition) is 1. The van der Waals surface area contributed by atoms with Crippen LogP contribution >= 0.6 is 23.2 Å². The van der Waals surface area contributed by atoms with Crippen LogP contribution < -0.4 is 5.73 Å². The second kappa shape index (κ2) is 7.24. The van der Waals surface area contributed by atoms with E-state index in [1.807, 2.05) is 6.08 Å². The van der Waals surface area contributed by atoms with E-state index < -0.39 is 0 Å². The van der Waals surface area contributed by atoms with Gasteiger partial charge < -0.3 is 5.73 Å². The monoisotopic (exact) mass is 412 g/mol. The second-order valence-electron chi connectivity index (χ2n) is 8.24. The number of benzene rings is 1. The molecule has 0 aliphatic heterocycles. The van der Waals surface area contributed by atoms with Crippen LogP contribution in [0.4, 0.5) is 5.82 Å². The summed E-state index contributed by atoms with van der Waals surface area (Å²) in [5.74, 6) is 0.642. The number of rotatable bonds is 4. The Hall–Kier alpha value is -1.77. The molecule has 2 aliphatic carbocycles. The highest BCUT2D eigenvalue weighted by Crippen LogP contribution is 2.50. The van der Waals surface area contributed by atoms with E-state index in [1.54, 1.807) is 0 Å². The number of fused-ring (bicyclic) bond motifs is 3. The molecule has 1 heterocycles. The van der Waals surface area contributed by atoms with Gasteiger partial charge in [-0.3, -0.25) is 0 Å². The summed E-state index contributed by atoms with van der Waals surface area (Å²) in [5, 5.41) is 1.48. The molecule has 4 heteroatoms. The van der Waals surface area contributed by atoms with Gasteiger partial charge in [0.2, 0.25) is 0 Å². The first kappa shape index (κ1) is 19.5. The SMILES string of the molecule is CCCCc1c(N)nc2c(c1C1(C)CC=C(Cl)C=C1Cl)Cc1ccc(C)cc1-2. The van der Waals surface area contributed by atoms with Crippen molar-refractivity contribution in [2.24, 2.45) is 0 Å². The largest absolute Gasteiger partial charge is 0.383 e. The van der Waals surface area contributed by atoms with Crippen molar-refractivity contribution in [1.29, 1.82) is 0 Å². The van der Waals surface area contributed by atoms with Crippen molar-refractivity contribution >= 4 is 29.0 Å². The Morgan fingerprint density at radius 2 is 2.04 bits per heavy atom. The molecule has 2 aliphatic rings. The van der Waals surface area contributed by atoms with E-state index in [1.165, 1.54) is 27.8 Å². The summed E-state index contributed by atoms with van der Waals surface area (Å²) in [6.07, 6.45) is 8.71. The molecule has 2 nitrogen and oxygen atoms in total. The Labute approximate surface area is 177 Å². The van der Waals surface area contributed by atoms with E-state index in [-0.39, 0.29) is 5.41 Å². The molecule has 0 bridgehead atoms. The molecular weight excluding hydrogens is 387 g/mol. The summed E-state index contributed by atoms with van der Waals surface area (Å²) in [4.78, 5) is 4.89. The third-order valence-corrected chi connectivity index (χ3v) is 6.94. The number of aryl methyl sites for hydroxylation is 1. The number of unbranched alkanes of at least 4 members (excludes halogenated alkanes) is 1. The molecule has 0 saturated heterocycles. The third-order valence-electron chi connectivity index (χ3n) is 6.15. The van der Waals surface area contributed by atoms with Gasteiger partial charge in [0.05, 0.1) is 5.69 Å². The molecule has 0 saturated carbocycles. The number of halogens is 2. The van der Waals surface area contributed by atoms with Gasteiger partial charge in [0.1, 0.15) is 5.82 Å². The van der Waals surface area contributed by atoms with Gasteiger partial charge in [0.25, 0.3) is 0 Å². The van der Waals surface area contributed by atoms with Gasteiger partial charge in [-0.15, -0.1) is 0 Å². The van der Waals surface area contributed by atoms with Crippen LogP contribution in [-0.4, -0.2) is 4.98 Å². The van der Waals surface area contributed by atoms with Gasteiger partial charge in [-0.25, -0.2) is 4.98 Å². The lowest BCUT2D eigenvalue weighted by Gasteiger charge is -2.35. The molecule has 1 aromatic carbocycles. The fourth-order valence-corrected chi connectivity index (χ4v) is 5.10. The molecule has 0 amide bonds. The lowest BCUT2D eigenvalue weighted by molar-refractivity contribution is 0.570. The number of nitrogen functional groups attached to an aromatic ring is 1. The first-order chi connectivity index (χ1) is 13.3. The zero-order chi connectivity index (χ0) is 20.1. The molecule has 1 atom stereocenters. The predicted octanol–water partition coefficient (Wildman–Crippen LogP) is 6.79. The number of allylic oxidation sites excluding steroid dienone is 4. The Bertz CT molecular complexity index is 1020. The summed E-state index contributed by atoms with van der Waals surface area (Å²) in [6, 6.07) is 6.61. The number of anilines is 1. The molecule has 1 unspecified atom stereocenters. The standard InChI is InChI=1S/C24H26Cl2N2/c1-4-5-6-17-21(24(3)10-9-16(25)13-20(24)26)19-12-15-8-7-14(2)11-18(15)22(19)28-23(17)27/h7-9,11,13H,4-6,10,12H2,1-3H3,(H2,27,28). The van der Waals surface area contributed by atoms with Crippen molar-refractivity contribution in [3.05, 3.63) is 68.2 Å². The molecule has 0 fully saturated rings. The maximum absolute atomic E-state index is 6.82. The lowest BCUT2D eigenvalue weighted by Crippen LogP contribution is -2.28. The van der Waals surface area contributed by atoms with E-state index in [4.69, 9.17) is 33.9 Å². The number of hydrogen-bond acceptors (Lipinski definition) is 2. The minimum absolute atomic E-state index is 0.332. The molecule has 0 spiro atoms. The summed E-state index contributed by atoms with van der Waals surface area (Å²) >= 11 is 13.1. The van der Waals surface area contributed by atoms with Crippen LogP contribution in [-0.2, 0) is 18.3 Å². The van der Waals surface area contributed by atoms with Crippen molar-refractivity contribution in [3.63, 3.8) is 0 Å². The van der Waals surface area contributed by atoms with E-state index in [9.17, 15) is 0 Å². The van der Waals surface area contributed by atoms with Gasteiger partial charge in [0.15, 0.2) is 0 Å². The number of pyridine rings is 1. The number of aromatic nitrogens is 1. The van der Waals surface area contributed by atoms with Crippen molar-refractivity contribution in [2.75, 3.05) is 5.73 Å². The van der Waals surface area contributed by atoms with Crippen LogP contribution in [0.3, 0.4) is 0 Å². The summed E-state index contributed by atoms with van der Waals surface area (Å²) in [5.41, 5.74) is 14.7. The van der Waals surface area contributed by atoms with Crippen LogP contribution in [0.15, 0.2) is 40.4 Å². The normalized spacial score (nSPS) is 20.5. The maximum Gasteiger partial charge on any atom is 0.127 e. The summed E-state index contributed by atoms with van der Waals surface area (Å²) in [6.45, 7) is 6.53. The van der Waals surface area contributed by atoms with Crippen LogP contribution in [0.1, 0.15) is 60.9 Å². The van der Waals surface area contributed by atoms with Crippen molar-refractivity contribution in [2.45, 2.75) is 58.3 Å². The summed E-state index contributed by atoms with van der Waals surface area (Å²) in [7, 11) is 0. The highest BCUT2D eigenvalue weighted by Gasteiger charge is 2.39. The van der Waals surface area contributed by atoms with E-state index in [2.05, 4.69) is 45.0 Å². The highest BCUT2D eigenvalue weighted by molar-refractivity contribution is 6.35. The number of nitrogens with zero attached hydrogens (tertiary/aromatic N) is 1. The average Bonchev–Trinajstić information content (AvgIpc) is 3.00. The van der Waals surface area contributed by atoms with E-state index in [0.29, 0.717) is 10.9 Å². The van der Waals surface area contributed by atoms with Gasteiger partial charge in [-0.05, 0) is 60.6 Å². The Morgan fingerprint density at radius 1 is 1.25 bits per heavy atom. The molecule has 4 rings (SSSR count). The molecule has 0 radical (unpaired) electrons. The predicted molar refractivity (Wildman–Crippen MR) is 120 cm³/mol. The third kappa shape index (κ3) is 3.07. The smallest absolute Gasteiger partial charge is 0.127 e. The zero-order valence-corrected chi connectivity index (χ0v) is 18.2. The van der Waals surface area contributed by atoms with Crippen LogP contribution in [0.25, 0.3) is 11.3 Å². The fourth-order valence-electron chi connectivity index (χ4n) is 4.57. The Morgan fingerprint density at radius 3 is 2.75 bits per heavy atom. The van der Waals surface area contributed by atoms with E-state index in [0.717, 1.165) is 48.4 Å². The molecule has 2 N–H and O–H groups in total. The molecule has 146 valence electrons. The second-order valence-corrected chi connectivity index (χ2v) is 9.08. The minimum Gasteiger partial charge on any atom is -0.383 e. The molecule has 28 heavy (non-hydrogen) atoms.